The number of rotatable bonds is 4. The normalized spacial score (nSPS) is 12.2. The first-order valence-electron chi connectivity index (χ1n) is 5.93. The Hall–Kier alpha value is -1.32. The molecule has 0 aliphatic carbocycles. The number of methoxy groups -OCH3 is 1. The summed E-state index contributed by atoms with van der Waals surface area (Å²) in [6, 6.07) is 9.10. The van der Waals surface area contributed by atoms with Crippen LogP contribution in [0.4, 0.5) is 8.78 Å². The van der Waals surface area contributed by atoms with Crippen LogP contribution >= 0.6 is 23.2 Å². The lowest BCUT2D eigenvalue weighted by atomic mass is 10.0. The molecule has 0 N–H and O–H groups in total. The van der Waals surface area contributed by atoms with Crippen LogP contribution in [0.2, 0.25) is 5.02 Å². The van der Waals surface area contributed by atoms with Crippen molar-refractivity contribution in [1.29, 1.82) is 0 Å². The Morgan fingerprint density at radius 2 is 1.95 bits per heavy atom. The zero-order valence-electron chi connectivity index (χ0n) is 10.7. The third-order valence-corrected chi connectivity index (χ3v) is 3.69. The third kappa shape index (κ3) is 3.22. The van der Waals surface area contributed by atoms with Gasteiger partial charge < -0.3 is 4.74 Å². The molecule has 0 saturated carbocycles. The lowest BCUT2D eigenvalue weighted by Crippen LogP contribution is -2.01. The summed E-state index contributed by atoms with van der Waals surface area (Å²) in [5.74, 6) is -1.14. The van der Waals surface area contributed by atoms with E-state index in [-0.39, 0.29) is 12.0 Å². The van der Waals surface area contributed by atoms with Gasteiger partial charge in [0, 0.05) is 5.02 Å². The van der Waals surface area contributed by atoms with E-state index in [1.54, 1.807) is 18.2 Å². The predicted octanol–water partition coefficient (Wildman–Crippen LogP) is 5.15. The molecule has 0 saturated heterocycles. The monoisotopic (exact) mass is 316 g/mol. The molecule has 106 valence electrons. The molecule has 1 unspecified atom stereocenters. The molecule has 2 rings (SSSR count). The quantitative estimate of drug-likeness (QED) is 0.709. The highest BCUT2D eigenvalue weighted by Gasteiger charge is 2.17. The first kappa shape index (κ1) is 15.1. The maximum absolute atomic E-state index is 13.6. The Morgan fingerprint density at radius 3 is 2.60 bits per heavy atom. The Morgan fingerprint density at radius 1 is 1.20 bits per heavy atom. The number of benzene rings is 2. The van der Waals surface area contributed by atoms with Crippen LogP contribution < -0.4 is 4.74 Å². The second-order valence-corrected chi connectivity index (χ2v) is 5.21. The molecule has 0 spiro atoms. The minimum Gasteiger partial charge on any atom is -0.497 e. The molecule has 0 aliphatic rings. The first-order chi connectivity index (χ1) is 9.52. The molecule has 5 heteroatoms. The van der Waals surface area contributed by atoms with Crippen molar-refractivity contribution in [2.45, 2.75) is 11.8 Å². The minimum atomic E-state index is -0.882. The zero-order valence-corrected chi connectivity index (χ0v) is 12.2. The summed E-state index contributed by atoms with van der Waals surface area (Å²) in [6.07, 6.45) is 0.150. The summed E-state index contributed by atoms with van der Waals surface area (Å²) in [7, 11) is 1.53. The van der Waals surface area contributed by atoms with Gasteiger partial charge in [0.25, 0.3) is 0 Å². The van der Waals surface area contributed by atoms with Crippen LogP contribution in [0.25, 0.3) is 0 Å². The van der Waals surface area contributed by atoms with E-state index in [0.29, 0.717) is 16.3 Å². The second-order valence-electron chi connectivity index (χ2n) is 4.27. The molecular weight excluding hydrogens is 305 g/mol. The lowest BCUT2D eigenvalue weighted by Gasteiger charge is -2.13. The first-order valence-corrected chi connectivity index (χ1v) is 6.74. The molecule has 2 aromatic rings. The van der Waals surface area contributed by atoms with Gasteiger partial charge in [-0.15, -0.1) is 11.6 Å². The summed E-state index contributed by atoms with van der Waals surface area (Å²) in [5, 5.41) is -0.120. The molecule has 0 bridgehead atoms. The fourth-order valence-corrected chi connectivity index (χ4v) is 2.61. The average Bonchev–Trinajstić information content (AvgIpc) is 2.43. The predicted molar refractivity (Wildman–Crippen MR) is 76.7 cm³/mol. The molecule has 2 aromatic carbocycles. The molecule has 0 amide bonds. The molecule has 1 nitrogen and oxygen atoms in total. The lowest BCUT2D eigenvalue weighted by molar-refractivity contribution is 0.414. The Labute approximate surface area is 126 Å². The summed E-state index contributed by atoms with van der Waals surface area (Å²) in [5.41, 5.74) is 0.870. The third-order valence-electron chi connectivity index (χ3n) is 2.98. The van der Waals surface area contributed by atoms with Crippen LogP contribution in [0.5, 0.6) is 5.75 Å². The zero-order chi connectivity index (χ0) is 14.7. The molecular formula is C15H12Cl2F2O. The van der Waals surface area contributed by atoms with Gasteiger partial charge in [-0.05, 0) is 35.7 Å². The van der Waals surface area contributed by atoms with Gasteiger partial charge in [0.05, 0.1) is 12.5 Å². The van der Waals surface area contributed by atoms with Gasteiger partial charge >= 0.3 is 0 Å². The number of ether oxygens (including phenoxy) is 1. The van der Waals surface area contributed by atoms with Crippen LogP contribution in [0.1, 0.15) is 16.5 Å². The van der Waals surface area contributed by atoms with E-state index in [2.05, 4.69) is 0 Å². The van der Waals surface area contributed by atoms with Gasteiger partial charge in [-0.3, -0.25) is 0 Å². The van der Waals surface area contributed by atoms with Crippen molar-refractivity contribution < 1.29 is 13.5 Å². The second kappa shape index (κ2) is 6.42. The van der Waals surface area contributed by atoms with Crippen molar-refractivity contribution in [2.24, 2.45) is 0 Å². The summed E-state index contributed by atoms with van der Waals surface area (Å²) in [6.45, 7) is 0. The Balaban J connectivity index is 2.24. The highest BCUT2D eigenvalue weighted by Crippen LogP contribution is 2.33. The van der Waals surface area contributed by atoms with E-state index in [0.717, 1.165) is 6.07 Å². The van der Waals surface area contributed by atoms with Gasteiger partial charge in [0.1, 0.15) is 5.75 Å². The molecule has 20 heavy (non-hydrogen) atoms. The number of hydrogen-bond acceptors (Lipinski definition) is 1. The molecule has 0 aliphatic heterocycles. The summed E-state index contributed by atoms with van der Waals surface area (Å²) >= 11 is 12.4. The van der Waals surface area contributed by atoms with Crippen LogP contribution in [0.15, 0.2) is 36.4 Å². The minimum absolute atomic E-state index is 0.150. The van der Waals surface area contributed by atoms with Gasteiger partial charge in [0.2, 0.25) is 0 Å². The van der Waals surface area contributed by atoms with Crippen molar-refractivity contribution >= 4 is 23.2 Å². The maximum Gasteiger partial charge on any atom is 0.162 e. The van der Waals surface area contributed by atoms with Crippen molar-refractivity contribution in [3.63, 3.8) is 0 Å². The van der Waals surface area contributed by atoms with Crippen molar-refractivity contribution in [3.8, 4) is 5.75 Å². The van der Waals surface area contributed by atoms with E-state index in [1.807, 2.05) is 0 Å². The standard InChI is InChI=1S/C15H12Cl2F2O/c1-20-10-5-6-11(13(17)8-10)12(16)7-9-3-2-4-14(18)15(9)19/h2-6,8,12H,7H2,1H3. The van der Waals surface area contributed by atoms with E-state index in [1.165, 1.54) is 19.2 Å². The highest BCUT2D eigenvalue weighted by molar-refractivity contribution is 6.33. The molecule has 0 radical (unpaired) electrons. The largest absolute Gasteiger partial charge is 0.497 e. The molecule has 1 atom stereocenters. The van der Waals surface area contributed by atoms with Crippen molar-refractivity contribution in [3.05, 3.63) is 64.2 Å². The van der Waals surface area contributed by atoms with E-state index < -0.39 is 17.0 Å². The van der Waals surface area contributed by atoms with Crippen LogP contribution in [-0.4, -0.2) is 7.11 Å². The van der Waals surface area contributed by atoms with Crippen LogP contribution in [-0.2, 0) is 6.42 Å². The van der Waals surface area contributed by atoms with E-state index >= 15 is 0 Å². The Kier molecular flexibility index (Phi) is 4.84. The van der Waals surface area contributed by atoms with Gasteiger partial charge in [-0.1, -0.05) is 29.8 Å². The Bertz CT molecular complexity index is 617. The van der Waals surface area contributed by atoms with E-state index in [9.17, 15) is 8.78 Å². The van der Waals surface area contributed by atoms with E-state index in [4.69, 9.17) is 27.9 Å². The summed E-state index contributed by atoms with van der Waals surface area (Å²) in [4.78, 5) is 0. The SMILES string of the molecule is COc1ccc(C(Cl)Cc2cccc(F)c2F)c(Cl)c1. The fraction of sp³-hybridized carbons (Fsp3) is 0.200. The van der Waals surface area contributed by atoms with Gasteiger partial charge in [-0.2, -0.15) is 0 Å². The van der Waals surface area contributed by atoms with Crippen LogP contribution in [0.3, 0.4) is 0 Å². The topological polar surface area (TPSA) is 9.23 Å². The van der Waals surface area contributed by atoms with Crippen molar-refractivity contribution in [1.82, 2.24) is 0 Å². The summed E-state index contributed by atoms with van der Waals surface area (Å²) < 4.78 is 31.8. The average molecular weight is 317 g/mol. The number of alkyl halides is 1. The number of halogens is 4. The molecule has 0 heterocycles. The fourth-order valence-electron chi connectivity index (χ4n) is 1.90. The van der Waals surface area contributed by atoms with Crippen molar-refractivity contribution in [2.75, 3.05) is 7.11 Å². The molecule has 0 fully saturated rings. The molecule has 0 aromatic heterocycles. The van der Waals surface area contributed by atoms with Gasteiger partial charge in [0.15, 0.2) is 11.6 Å². The smallest absolute Gasteiger partial charge is 0.162 e. The highest BCUT2D eigenvalue weighted by atomic mass is 35.5. The van der Waals surface area contributed by atoms with Crippen LogP contribution in [0, 0.1) is 11.6 Å². The number of hydrogen-bond donors (Lipinski definition) is 0. The van der Waals surface area contributed by atoms with Gasteiger partial charge in [-0.25, -0.2) is 8.78 Å². The maximum atomic E-state index is 13.6.